The van der Waals surface area contributed by atoms with E-state index in [9.17, 15) is 48.6 Å². The van der Waals surface area contributed by atoms with Crippen LogP contribution < -0.4 is 0 Å². The molecule has 4 rings (SSSR count). The van der Waals surface area contributed by atoms with Gasteiger partial charge in [-0.2, -0.15) is 10.1 Å². The number of hydrogen-bond acceptors (Lipinski definition) is 12. The Kier molecular flexibility index (Phi) is 6.73. The van der Waals surface area contributed by atoms with Crippen LogP contribution in [0.1, 0.15) is 38.5 Å². The lowest BCUT2D eigenvalue weighted by Gasteiger charge is -2.36. The Balaban J connectivity index is 1.33. The molecule has 0 bridgehead atoms. The predicted octanol–water partition coefficient (Wildman–Crippen LogP) is -3.88. The van der Waals surface area contributed by atoms with Gasteiger partial charge < -0.3 is 19.9 Å². The number of aliphatic hydroxyl groups excluding tert-OH is 2. The van der Waals surface area contributed by atoms with Gasteiger partial charge in [0, 0.05) is 38.5 Å². The molecule has 4 saturated heterocycles. The average molecular weight is 510 g/mol. The summed E-state index contributed by atoms with van der Waals surface area (Å²) in [5.74, 6) is -7.16. The Morgan fingerprint density at radius 2 is 0.944 bits per heavy atom. The highest BCUT2D eigenvalue weighted by Gasteiger charge is 2.48. The highest BCUT2D eigenvalue weighted by molar-refractivity contribution is 6.06. The van der Waals surface area contributed by atoms with E-state index in [0.29, 0.717) is 10.1 Å². The van der Waals surface area contributed by atoms with Crippen molar-refractivity contribution in [2.45, 2.75) is 62.8 Å². The number of carbonyl (C=O) groups excluding carboxylic acids is 8. The van der Waals surface area contributed by atoms with Gasteiger partial charge in [0.2, 0.25) is 23.6 Å². The summed E-state index contributed by atoms with van der Waals surface area (Å²) in [6, 6.07) is -2.48. The lowest BCUT2D eigenvalue weighted by molar-refractivity contribution is -0.226. The van der Waals surface area contributed by atoms with Gasteiger partial charge in [-0.05, 0) is 0 Å². The molecule has 0 aromatic rings. The predicted molar refractivity (Wildman–Crippen MR) is 107 cm³/mol. The van der Waals surface area contributed by atoms with Gasteiger partial charge in [0.05, 0.1) is 13.1 Å². The number of nitrogens with zero attached hydrogens (tertiary/aromatic N) is 4. The average Bonchev–Trinajstić information content (AvgIpc) is 3.36. The van der Waals surface area contributed by atoms with Gasteiger partial charge >= 0.3 is 11.9 Å². The van der Waals surface area contributed by atoms with E-state index >= 15 is 0 Å². The maximum atomic E-state index is 12.5. The fourth-order valence-electron chi connectivity index (χ4n) is 4.37. The van der Waals surface area contributed by atoms with E-state index in [1.165, 1.54) is 0 Å². The van der Waals surface area contributed by atoms with Gasteiger partial charge in [0.1, 0.15) is 12.1 Å². The summed E-state index contributed by atoms with van der Waals surface area (Å²) < 4.78 is 0. The molecule has 16 heteroatoms. The van der Waals surface area contributed by atoms with Crippen LogP contribution in [0.5, 0.6) is 0 Å². The SMILES string of the molecule is O=C1ON(C(=O)C(O)C(O)C(=O)N2CCC(N3C(=O)CCC3=O)C(=O)O2)CCC1N1C(=O)CCC1=O. The molecule has 4 aliphatic heterocycles. The zero-order valence-corrected chi connectivity index (χ0v) is 18.7. The number of hydroxylamine groups is 4. The Morgan fingerprint density at radius 3 is 1.22 bits per heavy atom. The summed E-state index contributed by atoms with van der Waals surface area (Å²) in [4.78, 5) is 108. The van der Waals surface area contributed by atoms with E-state index in [1.54, 1.807) is 0 Å². The van der Waals surface area contributed by atoms with Crippen molar-refractivity contribution in [2.24, 2.45) is 0 Å². The molecule has 6 amide bonds. The Morgan fingerprint density at radius 1 is 0.639 bits per heavy atom. The lowest BCUT2D eigenvalue weighted by atomic mass is 10.1. The number of hydrogen-bond donors (Lipinski definition) is 2. The molecule has 0 aromatic carbocycles. The van der Waals surface area contributed by atoms with E-state index in [0.717, 1.165) is 9.80 Å². The van der Waals surface area contributed by atoms with Gasteiger partial charge in [0.25, 0.3) is 11.8 Å². The van der Waals surface area contributed by atoms with Crippen LogP contribution in [0.25, 0.3) is 0 Å². The normalized spacial score (nSPS) is 26.8. The van der Waals surface area contributed by atoms with Gasteiger partial charge in [-0.1, -0.05) is 0 Å². The molecule has 16 nitrogen and oxygen atoms in total. The molecule has 4 fully saturated rings. The maximum Gasteiger partial charge on any atom is 0.355 e. The largest absolute Gasteiger partial charge is 0.380 e. The molecule has 0 radical (unpaired) electrons. The second-order valence-corrected chi connectivity index (χ2v) is 8.51. The fourth-order valence-corrected chi connectivity index (χ4v) is 4.37. The number of likely N-dealkylation sites (tertiary alicyclic amines) is 2. The monoisotopic (exact) mass is 510 g/mol. The van der Waals surface area contributed by atoms with Gasteiger partial charge in [-0.3, -0.25) is 38.6 Å². The topological polar surface area (TPSA) is 208 Å². The Bertz CT molecular complexity index is 945. The third-order valence-corrected chi connectivity index (χ3v) is 6.26. The zero-order chi connectivity index (χ0) is 26.3. The third kappa shape index (κ3) is 4.39. The standard InChI is InChI=1S/C20H22N4O12/c25-11-1-2-12(26)23(11)9-5-7-21(35-19(9)33)17(31)15(29)16(30)18(32)22-8-6-10(20(34)36-22)24-13(27)3-4-14(24)28/h9-10,15-16,29-30H,1-8H2. The smallest absolute Gasteiger partial charge is 0.355 e. The molecule has 0 aromatic heterocycles. The first kappa shape index (κ1) is 25.2. The van der Waals surface area contributed by atoms with E-state index in [2.05, 4.69) is 0 Å². The van der Waals surface area contributed by atoms with Crippen LogP contribution in [-0.4, -0.2) is 115 Å². The van der Waals surface area contributed by atoms with Crippen LogP contribution >= 0.6 is 0 Å². The Hall–Kier alpha value is -3.92. The quantitative estimate of drug-likeness (QED) is 0.340. The highest BCUT2D eigenvalue weighted by atomic mass is 16.7. The molecule has 194 valence electrons. The fraction of sp³-hybridized carbons (Fsp3) is 0.600. The minimum absolute atomic E-state index is 0.0509. The van der Waals surface area contributed by atoms with Crippen LogP contribution in [-0.2, 0) is 48.0 Å². The second kappa shape index (κ2) is 9.62. The van der Waals surface area contributed by atoms with Crippen molar-refractivity contribution in [1.29, 1.82) is 0 Å². The first-order valence-electron chi connectivity index (χ1n) is 11.1. The number of imide groups is 2. The van der Waals surface area contributed by atoms with Crippen LogP contribution in [0, 0.1) is 0 Å². The summed E-state index contributed by atoms with van der Waals surface area (Å²) in [5.41, 5.74) is 0. The lowest BCUT2D eigenvalue weighted by Crippen LogP contribution is -2.59. The molecule has 0 spiro atoms. The number of amides is 6. The van der Waals surface area contributed by atoms with Crippen molar-refractivity contribution in [1.82, 2.24) is 19.9 Å². The minimum Gasteiger partial charge on any atom is -0.380 e. The molecule has 4 aliphatic rings. The zero-order valence-electron chi connectivity index (χ0n) is 18.7. The van der Waals surface area contributed by atoms with Crippen LogP contribution in [0.15, 0.2) is 0 Å². The summed E-state index contributed by atoms with van der Waals surface area (Å²) in [6.07, 6.45) is -5.41. The van der Waals surface area contributed by atoms with E-state index < -0.39 is 71.7 Å². The number of aliphatic hydroxyl groups is 2. The molecule has 4 atom stereocenters. The van der Waals surface area contributed by atoms with E-state index in [4.69, 9.17) is 9.68 Å². The summed E-state index contributed by atoms with van der Waals surface area (Å²) in [7, 11) is 0. The molecular formula is C20H22N4O12. The van der Waals surface area contributed by atoms with Crippen LogP contribution in [0.3, 0.4) is 0 Å². The van der Waals surface area contributed by atoms with Gasteiger partial charge in [0.15, 0.2) is 12.2 Å². The van der Waals surface area contributed by atoms with E-state index in [1.807, 2.05) is 0 Å². The first-order chi connectivity index (χ1) is 17.0. The van der Waals surface area contributed by atoms with Crippen molar-refractivity contribution in [3.63, 3.8) is 0 Å². The van der Waals surface area contributed by atoms with Crippen LogP contribution in [0.2, 0.25) is 0 Å². The molecular weight excluding hydrogens is 488 g/mol. The van der Waals surface area contributed by atoms with Gasteiger partial charge in [-0.15, -0.1) is 0 Å². The molecule has 36 heavy (non-hydrogen) atoms. The van der Waals surface area contributed by atoms with Crippen molar-refractivity contribution < 1.29 is 58.2 Å². The number of rotatable bonds is 5. The third-order valence-electron chi connectivity index (χ3n) is 6.26. The summed E-state index contributed by atoms with van der Waals surface area (Å²) >= 11 is 0. The maximum absolute atomic E-state index is 12.5. The van der Waals surface area contributed by atoms with Crippen molar-refractivity contribution >= 4 is 47.4 Å². The van der Waals surface area contributed by atoms with E-state index in [-0.39, 0.29) is 51.6 Å². The second-order valence-electron chi connectivity index (χ2n) is 8.51. The summed E-state index contributed by atoms with van der Waals surface area (Å²) in [6.45, 7) is -0.689. The van der Waals surface area contributed by atoms with Crippen molar-refractivity contribution in [3.8, 4) is 0 Å². The summed E-state index contributed by atoms with van der Waals surface area (Å²) in [5, 5.41) is 21.2. The molecule has 0 saturated carbocycles. The number of carbonyl (C=O) groups is 8. The first-order valence-corrected chi connectivity index (χ1v) is 11.1. The van der Waals surface area contributed by atoms with Crippen molar-refractivity contribution in [2.75, 3.05) is 13.1 Å². The molecule has 4 unspecified atom stereocenters. The molecule has 4 heterocycles. The van der Waals surface area contributed by atoms with Crippen LogP contribution in [0.4, 0.5) is 0 Å². The highest BCUT2D eigenvalue weighted by Crippen LogP contribution is 2.24. The minimum atomic E-state index is -2.42. The Labute approximate surface area is 202 Å². The molecule has 2 N–H and O–H groups in total. The van der Waals surface area contributed by atoms with Gasteiger partial charge in [-0.25, -0.2) is 9.59 Å². The molecule has 0 aliphatic carbocycles. The van der Waals surface area contributed by atoms with Crippen molar-refractivity contribution in [3.05, 3.63) is 0 Å².